The number of nitrogens with two attached hydrogens (primary N) is 1. The summed E-state index contributed by atoms with van der Waals surface area (Å²) in [4.78, 5) is 14.5. The zero-order valence-corrected chi connectivity index (χ0v) is 21.7. The molecule has 0 atom stereocenters. The molecule has 0 unspecified atom stereocenters. The van der Waals surface area contributed by atoms with E-state index < -0.39 is 0 Å². The molecule has 2 aromatic heterocycles. The van der Waals surface area contributed by atoms with E-state index in [1.807, 2.05) is 47.5 Å². The number of pyridine rings is 1. The van der Waals surface area contributed by atoms with Crippen LogP contribution in [-0.4, -0.2) is 68.3 Å². The predicted molar refractivity (Wildman–Crippen MR) is 151 cm³/mol. The van der Waals surface area contributed by atoms with Gasteiger partial charge in [-0.1, -0.05) is 35.6 Å². The van der Waals surface area contributed by atoms with E-state index in [1.165, 1.54) is 0 Å². The van der Waals surface area contributed by atoms with Crippen LogP contribution in [0.5, 0.6) is 5.75 Å². The number of fused-ring (bicyclic) bond motifs is 1. The number of para-hydroxylation sites is 1. The minimum atomic E-state index is 0.0445. The number of aromatic nitrogens is 3. The summed E-state index contributed by atoms with van der Waals surface area (Å²) >= 11 is 10.4. The summed E-state index contributed by atoms with van der Waals surface area (Å²) in [5, 5.41) is 24.9. The fourth-order valence-electron chi connectivity index (χ4n) is 4.13. The minimum Gasteiger partial charge on any atom is -0.507 e. The molecule has 3 heterocycles. The number of anilines is 1. The third kappa shape index (κ3) is 5.56. The second kappa shape index (κ2) is 10.5. The van der Waals surface area contributed by atoms with Crippen LogP contribution in [0, 0.1) is 4.77 Å². The highest BCUT2D eigenvalue weighted by atomic mass is 32.1. The van der Waals surface area contributed by atoms with Crippen molar-refractivity contribution in [3.63, 3.8) is 0 Å². The first-order chi connectivity index (χ1) is 17.9. The Hall–Kier alpha value is -4.00. The summed E-state index contributed by atoms with van der Waals surface area (Å²) in [5.41, 5.74) is 9.79. The Morgan fingerprint density at radius 1 is 1.05 bits per heavy atom. The van der Waals surface area contributed by atoms with E-state index in [4.69, 9.17) is 35.2 Å². The number of aromatic amines is 1. The lowest BCUT2D eigenvalue weighted by Gasteiger charge is -2.29. The molecule has 4 aromatic rings. The van der Waals surface area contributed by atoms with E-state index >= 15 is 0 Å². The first-order valence-corrected chi connectivity index (χ1v) is 12.4. The number of hydrogen-bond donors (Lipinski definition) is 4. The van der Waals surface area contributed by atoms with Gasteiger partial charge in [-0.05, 0) is 55.7 Å². The maximum Gasteiger partial charge on any atom is 0.200 e. The number of piperazine rings is 1. The molecular weight excluding hydrogens is 506 g/mol. The molecular formula is C25H25N9OS2. The number of phenols is 1. The Balaban J connectivity index is 1.56. The molecule has 1 aliphatic rings. The SMILES string of the molecule is CN1CCN(N=Nc2ccc(-c3cc(-c4ccccc4O)c4c(NC(N)=S)nc(=S)[nH]c4n3)cc2)CC1. The fourth-order valence-corrected chi connectivity index (χ4v) is 4.41. The maximum atomic E-state index is 10.7. The number of phenolic OH excluding ortho intramolecular Hbond substituents is 1. The third-order valence-electron chi connectivity index (χ3n) is 6.06. The monoisotopic (exact) mass is 531 g/mol. The molecule has 188 valence electrons. The van der Waals surface area contributed by atoms with Crippen LogP contribution in [0.4, 0.5) is 11.5 Å². The Morgan fingerprint density at radius 2 is 1.78 bits per heavy atom. The van der Waals surface area contributed by atoms with Crippen molar-refractivity contribution >= 4 is 52.1 Å². The van der Waals surface area contributed by atoms with Gasteiger partial charge < -0.3 is 26.0 Å². The molecule has 0 aliphatic carbocycles. The molecule has 0 bridgehead atoms. The molecule has 1 saturated heterocycles. The van der Waals surface area contributed by atoms with E-state index in [0.717, 1.165) is 37.4 Å². The molecule has 1 aliphatic heterocycles. The topological polar surface area (TPSA) is 131 Å². The standard InChI is InChI=1S/C25H25N9OS2/c1-33-10-12-34(13-11-33)32-31-16-8-6-15(7-9-16)19-14-18(17-4-2-3-5-20(17)35)21-22(27-19)29-25(37)30-23(21)28-24(26)36/h2-9,14,35H,10-13H2,1H3,(H4,26,27,28,29,30,36,37). The van der Waals surface area contributed by atoms with Crippen LogP contribution in [0.25, 0.3) is 33.4 Å². The minimum absolute atomic E-state index is 0.0445. The number of rotatable bonds is 5. The van der Waals surface area contributed by atoms with Crippen LogP contribution in [0.1, 0.15) is 0 Å². The third-order valence-corrected chi connectivity index (χ3v) is 6.36. The van der Waals surface area contributed by atoms with E-state index in [2.05, 4.69) is 37.6 Å². The summed E-state index contributed by atoms with van der Waals surface area (Å²) in [6, 6.07) is 16.6. The lowest BCUT2D eigenvalue weighted by molar-refractivity contribution is 0.150. The fraction of sp³-hybridized carbons (Fsp3) is 0.200. The smallest absolute Gasteiger partial charge is 0.200 e. The highest BCUT2D eigenvalue weighted by molar-refractivity contribution is 7.80. The number of thiocarbonyl (C=S) groups is 1. The molecule has 2 aromatic carbocycles. The molecule has 5 N–H and O–H groups in total. The highest BCUT2D eigenvalue weighted by Gasteiger charge is 2.18. The van der Waals surface area contributed by atoms with Gasteiger partial charge in [0.2, 0.25) is 0 Å². The van der Waals surface area contributed by atoms with Gasteiger partial charge in [0.15, 0.2) is 9.88 Å². The average Bonchev–Trinajstić information content (AvgIpc) is 2.88. The second-order valence-corrected chi connectivity index (χ2v) is 9.50. The van der Waals surface area contributed by atoms with E-state index in [0.29, 0.717) is 33.7 Å². The van der Waals surface area contributed by atoms with Gasteiger partial charge in [-0.15, -0.1) is 5.11 Å². The van der Waals surface area contributed by atoms with Crippen LogP contribution >= 0.6 is 24.4 Å². The largest absolute Gasteiger partial charge is 0.507 e. The van der Waals surface area contributed by atoms with E-state index in [-0.39, 0.29) is 15.6 Å². The Kier molecular flexibility index (Phi) is 7.04. The summed E-state index contributed by atoms with van der Waals surface area (Å²) < 4.78 is 0.221. The molecule has 5 rings (SSSR count). The van der Waals surface area contributed by atoms with Gasteiger partial charge in [0.25, 0.3) is 0 Å². The Morgan fingerprint density at radius 3 is 2.49 bits per heavy atom. The lowest BCUT2D eigenvalue weighted by Crippen LogP contribution is -2.41. The van der Waals surface area contributed by atoms with E-state index in [9.17, 15) is 5.11 Å². The van der Waals surface area contributed by atoms with Gasteiger partial charge in [0.1, 0.15) is 17.2 Å². The zero-order chi connectivity index (χ0) is 25.9. The summed E-state index contributed by atoms with van der Waals surface area (Å²) in [6.45, 7) is 3.65. The van der Waals surface area contributed by atoms with Gasteiger partial charge in [-0.3, -0.25) is 5.01 Å². The molecule has 0 spiro atoms. The van der Waals surface area contributed by atoms with Gasteiger partial charge in [0, 0.05) is 29.8 Å². The van der Waals surface area contributed by atoms with Crippen molar-refractivity contribution in [1.29, 1.82) is 0 Å². The Bertz CT molecular complexity index is 1540. The van der Waals surface area contributed by atoms with Crippen LogP contribution in [0.3, 0.4) is 0 Å². The normalized spacial score (nSPS) is 14.4. The van der Waals surface area contributed by atoms with Gasteiger partial charge >= 0.3 is 0 Å². The number of benzene rings is 2. The van der Waals surface area contributed by atoms with Crippen molar-refractivity contribution in [3.05, 3.63) is 59.4 Å². The Labute approximate surface area is 223 Å². The lowest BCUT2D eigenvalue weighted by atomic mass is 9.99. The maximum absolute atomic E-state index is 10.7. The summed E-state index contributed by atoms with van der Waals surface area (Å²) in [5.74, 6) is 0.479. The molecule has 12 heteroatoms. The first-order valence-electron chi connectivity index (χ1n) is 11.6. The molecule has 0 saturated carbocycles. The number of aromatic hydroxyl groups is 1. The number of hydrogen-bond acceptors (Lipinski definition) is 8. The molecule has 1 fully saturated rings. The zero-order valence-electron chi connectivity index (χ0n) is 20.0. The number of nitrogens with zero attached hydrogens (tertiary/aromatic N) is 6. The van der Waals surface area contributed by atoms with Crippen LogP contribution in [0.2, 0.25) is 0 Å². The van der Waals surface area contributed by atoms with Crippen LogP contribution in [0.15, 0.2) is 64.9 Å². The van der Waals surface area contributed by atoms with Gasteiger partial charge in [-0.25, -0.2) is 9.97 Å². The summed E-state index contributed by atoms with van der Waals surface area (Å²) in [6.07, 6.45) is 0. The quantitative estimate of drug-likeness (QED) is 0.215. The van der Waals surface area contributed by atoms with Gasteiger partial charge in [0.05, 0.1) is 29.9 Å². The molecule has 10 nitrogen and oxygen atoms in total. The van der Waals surface area contributed by atoms with Crippen molar-refractivity contribution in [3.8, 4) is 28.1 Å². The van der Waals surface area contributed by atoms with Crippen LogP contribution in [-0.2, 0) is 0 Å². The van der Waals surface area contributed by atoms with E-state index in [1.54, 1.807) is 12.1 Å². The summed E-state index contributed by atoms with van der Waals surface area (Å²) in [7, 11) is 2.10. The van der Waals surface area contributed by atoms with Crippen LogP contribution < -0.4 is 11.1 Å². The number of likely N-dealkylation sites (N-methyl/N-ethyl adjacent to an activating group) is 1. The molecule has 0 radical (unpaired) electrons. The van der Waals surface area contributed by atoms with Crippen molar-refractivity contribution in [2.45, 2.75) is 0 Å². The number of H-pyrrole nitrogens is 1. The first kappa shape index (κ1) is 24.7. The predicted octanol–water partition coefficient (Wildman–Crippen LogP) is 4.63. The van der Waals surface area contributed by atoms with Crippen molar-refractivity contribution < 1.29 is 5.11 Å². The average molecular weight is 532 g/mol. The van der Waals surface area contributed by atoms with Crippen molar-refractivity contribution in [2.75, 3.05) is 38.5 Å². The molecule has 0 amide bonds. The van der Waals surface area contributed by atoms with Crippen molar-refractivity contribution in [2.24, 2.45) is 16.1 Å². The molecule has 37 heavy (non-hydrogen) atoms. The number of nitrogens with one attached hydrogen (secondary N) is 2. The highest BCUT2D eigenvalue weighted by Crippen LogP contribution is 2.38. The second-order valence-electron chi connectivity index (χ2n) is 8.67. The van der Waals surface area contributed by atoms with Crippen molar-refractivity contribution in [1.82, 2.24) is 24.9 Å². The van der Waals surface area contributed by atoms with Gasteiger partial charge in [-0.2, -0.15) is 0 Å².